The molecule has 0 amide bonds. The van der Waals surface area contributed by atoms with E-state index in [9.17, 15) is 35.1 Å². The highest BCUT2D eigenvalue weighted by Crippen LogP contribution is 2.35. The van der Waals surface area contributed by atoms with Crippen molar-refractivity contribution in [3.63, 3.8) is 0 Å². The lowest BCUT2D eigenvalue weighted by Gasteiger charge is -2.14. The van der Waals surface area contributed by atoms with Gasteiger partial charge in [0.2, 0.25) is 46.5 Å². The summed E-state index contributed by atoms with van der Waals surface area (Å²) in [4.78, 5) is 0. The molecule has 0 aliphatic rings. The molecule has 28 heavy (non-hydrogen) atoms. The van der Waals surface area contributed by atoms with Crippen molar-refractivity contribution in [1.82, 2.24) is 0 Å². The second-order valence-electron chi connectivity index (χ2n) is 4.93. The molecule has 0 atom stereocenters. The van der Waals surface area contributed by atoms with E-state index in [1.54, 1.807) is 0 Å². The second kappa shape index (κ2) is 8.40. The summed E-state index contributed by atoms with van der Waals surface area (Å²) in [5.41, 5.74) is 0. The average Bonchev–Trinajstić information content (AvgIpc) is 2.67. The Balaban J connectivity index is 2.17. The Morgan fingerprint density at radius 3 is 0.857 bits per heavy atom. The third-order valence-corrected chi connectivity index (χ3v) is 3.35. The highest BCUT2D eigenvalue weighted by molar-refractivity contribution is 5.39. The van der Waals surface area contributed by atoms with Crippen LogP contribution in [0.4, 0.5) is 35.1 Å². The van der Waals surface area contributed by atoms with Gasteiger partial charge in [0.15, 0.2) is 23.0 Å². The van der Waals surface area contributed by atoms with Crippen LogP contribution in [0.25, 0.3) is 0 Å². The van der Waals surface area contributed by atoms with Crippen LogP contribution in [0.15, 0.2) is 0 Å². The molecular formula is C16H10F8O4. The van der Waals surface area contributed by atoms with Crippen LogP contribution in [-0.2, 0) is 0 Å². The number of hydrogen-bond acceptors (Lipinski definition) is 4. The summed E-state index contributed by atoms with van der Waals surface area (Å²) in [6.07, 6.45) is 0. The van der Waals surface area contributed by atoms with E-state index >= 15 is 0 Å². The first-order chi connectivity index (χ1) is 13.2. The van der Waals surface area contributed by atoms with E-state index in [1.807, 2.05) is 0 Å². The Labute approximate surface area is 152 Å². The zero-order valence-electron chi connectivity index (χ0n) is 14.1. The third kappa shape index (κ3) is 3.58. The highest BCUT2D eigenvalue weighted by atomic mass is 19.2. The Morgan fingerprint density at radius 2 is 0.643 bits per heavy atom. The predicted molar refractivity (Wildman–Crippen MR) is 76.6 cm³/mol. The third-order valence-electron chi connectivity index (χ3n) is 3.35. The quantitative estimate of drug-likeness (QED) is 0.382. The molecule has 0 radical (unpaired) electrons. The largest absolute Gasteiger partial charge is 0.491 e. The molecule has 0 aromatic heterocycles. The molecule has 2 aromatic carbocycles. The van der Waals surface area contributed by atoms with Gasteiger partial charge in [0, 0.05) is 0 Å². The number of rotatable bonds is 7. The van der Waals surface area contributed by atoms with E-state index in [0.29, 0.717) is 0 Å². The van der Waals surface area contributed by atoms with Gasteiger partial charge < -0.3 is 18.9 Å². The van der Waals surface area contributed by atoms with E-state index in [1.165, 1.54) is 0 Å². The van der Waals surface area contributed by atoms with Crippen molar-refractivity contribution in [1.29, 1.82) is 0 Å². The summed E-state index contributed by atoms with van der Waals surface area (Å²) in [6, 6.07) is 0. The fraction of sp³-hybridized carbons (Fsp3) is 0.250. The Bertz CT molecular complexity index is 772. The predicted octanol–water partition coefficient (Wildman–Crippen LogP) is 4.27. The maximum atomic E-state index is 13.7. The van der Waals surface area contributed by atoms with E-state index in [4.69, 9.17) is 0 Å². The minimum Gasteiger partial charge on any atom is -0.491 e. The zero-order chi connectivity index (χ0) is 21.2. The molecule has 0 spiro atoms. The lowest BCUT2D eigenvalue weighted by molar-refractivity contribution is 0.185. The SMILES string of the molecule is COc1c(F)c(F)c(OCCOc2c(F)c(F)c(OC)c(F)c2F)c(F)c1F. The smallest absolute Gasteiger partial charge is 0.207 e. The van der Waals surface area contributed by atoms with Crippen molar-refractivity contribution in [3.8, 4) is 23.0 Å². The molecule has 0 heterocycles. The maximum absolute atomic E-state index is 13.7. The van der Waals surface area contributed by atoms with Gasteiger partial charge >= 0.3 is 0 Å². The second-order valence-corrected chi connectivity index (χ2v) is 4.93. The minimum absolute atomic E-state index is 0.769. The van der Waals surface area contributed by atoms with Crippen molar-refractivity contribution < 1.29 is 54.1 Å². The Kier molecular flexibility index (Phi) is 6.41. The first-order valence-electron chi connectivity index (χ1n) is 7.22. The van der Waals surface area contributed by atoms with Gasteiger partial charge in [-0.05, 0) is 0 Å². The van der Waals surface area contributed by atoms with Crippen LogP contribution < -0.4 is 18.9 Å². The fourth-order valence-corrected chi connectivity index (χ4v) is 2.08. The lowest BCUT2D eigenvalue weighted by Crippen LogP contribution is -2.15. The molecule has 12 heteroatoms. The summed E-state index contributed by atoms with van der Waals surface area (Å²) in [7, 11) is 1.54. The molecule has 4 nitrogen and oxygen atoms in total. The number of hydrogen-bond donors (Lipinski definition) is 0. The standard InChI is InChI=1S/C16H10F8O4/c1-25-13-5(17)9(21)15(10(22)6(13)18)27-3-4-28-16-11(23)7(19)14(26-2)8(20)12(16)24/h3-4H2,1-2H3. The summed E-state index contributed by atoms with van der Waals surface area (Å²) >= 11 is 0. The van der Waals surface area contributed by atoms with Crippen molar-refractivity contribution in [2.45, 2.75) is 0 Å². The van der Waals surface area contributed by atoms with Crippen LogP contribution in [0.3, 0.4) is 0 Å². The summed E-state index contributed by atoms with van der Waals surface area (Å²) in [5.74, 6) is -20.9. The lowest BCUT2D eigenvalue weighted by atomic mass is 10.2. The van der Waals surface area contributed by atoms with Gasteiger partial charge in [-0.3, -0.25) is 0 Å². The van der Waals surface area contributed by atoms with Crippen LogP contribution in [0.5, 0.6) is 23.0 Å². The molecule has 0 saturated carbocycles. The van der Waals surface area contributed by atoms with Crippen molar-refractivity contribution in [2.75, 3.05) is 27.4 Å². The summed E-state index contributed by atoms with van der Waals surface area (Å²) in [5, 5.41) is 0. The van der Waals surface area contributed by atoms with Crippen molar-refractivity contribution in [3.05, 3.63) is 46.5 Å². The topological polar surface area (TPSA) is 36.9 Å². The Hall–Kier alpha value is -2.92. The first-order valence-corrected chi connectivity index (χ1v) is 7.22. The highest BCUT2D eigenvalue weighted by Gasteiger charge is 2.29. The van der Waals surface area contributed by atoms with Gasteiger partial charge in [0.05, 0.1) is 14.2 Å². The summed E-state index contributed by atoms with van der Waals surface area (Å²) < 4.78 is 126. The van der Waals surface area contributed by atoms with E-state index < -0.39 is 82.7 Å². The minimum atomic E-state index is -1.94. The normalized spacial score (nSPS) is 10.8. The Morgan fingerprint density at radius 1 is 0.429 bits per heavy atom. The molecule has 154 valence electrons. The molecular weight excluding hydrogens is 408 g/mol. The maximum Gasteiger partial charge on any atom is 0.207 e. The molecule has 0 N–H and O–H groups in total. The van der Waals surface area contributed by atoms with Gasteiger partial charge in [-0.2, -0.15) is 35.1 Å². The van der Waals surface area contributed by atoms with Gasteiger partial charge in [-0.1, -0.05) is 0 Å². The van der Waals surface area contributed by atoms with Crippen LogP contribution in [0, 0.1) is 46.5 Å². The first kappa shape index (κ1) is 21.4. The fourth-order valence-electron chi connectivity index (χ4n) is 2.08. The van der Waals surface area contributed by atoms with Crippen LogP contribution in [-0.4, -0.2) is 27.4 Å². The molecule has 2 aromatic rings. The monoisotopic (exact) mass is 418 g/mol. The van der Waals surface area contributed by atoms with Crippen molar-refractivity contribution in [2.24, 2.45) is 0 Å². The van der Waals surface area contributed by atoms with Crippen molar-refractivity contribution >= 4 is 0 Å². The molecule has 0 saturated heterocycles. The molecule has 0 fully saturated rings. The molecule has 0 unspecified atom stereocenters. The van der Waals surface area contributed by atoms with Gasteiger partial charge in [0.25, 0.3) is 0 Å². The molecule has 0 bridgehead atoms. The van der Waals surface area contributed by atoms with Crippen LogP contribution >= 0.6 is 0 Å². The summed E-state index contributed by atoms with van der Waals surface area (Å²) in [6.45, 7) is -1.82. The van der Waals surface area contributed by atoms with E-state index in [2.05, 4.69) is 18.9 Å². The number of methoxy groups -OCH3 is 2. The van der Waals surface area contributed by atoms with E-state index in [0.717, 1.165) is 14.2 Å². The van der Waals surface area contributed by atoms with Crippen LogP contribution in [0.1, 0.15) is 0 Å². The molecule has 0 aliphatic carbocycles. The number of ether oxygens (including phenoxy) is 4. The zero-order valence-corrected chi connectivity index (χ0v) is 14.1. The van der Waals surface area contributed by atoms with Gasteiger partial charge in [-0.15, -0.1) is 0 Å². The average molecular weight is 418 g/mol. The van der Waals surface area contributed by atoms with Crippen LogP contribution in [0.2, 0.25) is 0 Å². The van der Waals surface area contributed by atoms with E-state index in [-0.39, 0.29) is 0 Å². The number of halogens is 8. The van der Waals surface area contributed by atoms with Gasteiger partial charge in [-0.25, -0.2) is 0 Å². The molecule has 0 aliphatic heterocycles. The number of benzene rings is 2. The van der Waals surface area contributed by atoms with Gasteiger partial charge in [0.1, 0.15) is 13.2 Å². The molecule has 2 rings (SSSR count).